The molecule has 0 saturated carbocycles. The molecule has 1 heterocycles. The molecular formula is C13H12ClIN2O. The first-order valence-electron chi connectivity index (χ1n) is 5.65. The molecule has 0 aliphatic heterocycles. The van der Waals surface area contributed by atoms with Crippen molar-refractivity contribution in [3.63, 3.8) is 0 Å². The average molecular weight is 375 g/mol. The van der Waals surface area contributed by atoms with Gasteiger partial charge in [0.2, 0.25) is 5.88 Å². The second-order valence-corrected chi connectivity index (χ2v) is 5.28. The van der Waals surface area contributed by atoms with Crippen LogP contribution < -0.4 is 4.74 Å². The molecule has 1 aromatic heterocycles. The van der Waals surface area contributed by atoms with Crippen molar-refractivity contribution in [1.82, 2.24) is 9.97 Å². The van der Waals surface area contributed by atoms with Gasteiger partial charge >= 0.3 is 0 Å². The summed E-state index contributed by atoms with van der Waals surface area (Å²) in [5.41, 5.74) is 0. The van der Waals surface area contributed by atoms with Gasteiger partial charge in [0.25, 0.3) is 0 Å². The summed E-state index contributed by atoms with van der Waals surface area (Å²) in [6.07, 6.45) is 1.77. The third-order valence-corrected chi connectivity index (χ3v) is 3.33. The molecule has 0 unspecified atom stereocenters. The van der Waals surface area contributed by atoms with Gasteiger partial charge in [0.05, 0.1) is 3.57 Å². The average Bonchev–Trinajstić information content (AvgIpc) is 2.32. The Balaban J connectivity index is 2.26. The molecule has 0 aliphatic carbocycles. The number of hydrogen-bond acceptors (Lipinski definition) is 3. The van der Waals surface area contributed by atoms with Crippen molar-refractivity contribution in [2.24, 2.45) is 0 Å². The van der Waals surface area contributed by atoms with Gasteiger partial charge in [-0.25, -0.2) is 4.98 Å². The third-order valence-electron chi connectivity index (χ3n) is 2.24. The minimum absolute atomic E-state index is 0.411. The van der Waals surface area contributed by atoms with Crippen molar-refractivity contribution in [3.05, 3.63) is 44.9 Å². The Labute approximate surface area is 125 Å². The Morgan fingerprint density at radius 1 is 1.28 bits per heavy atom. The van der Waals surface area contributed by atoms with Crippen molar-refractivity contribution in [2.45, 2.75) is 19.8 Å². The van der Waals surface area contributed by atoms with Crippen LogP contribution in [0.25, 0.3) is 0 Å². The summed E-state index contributed by atoms with van der Waals surface area (Å²) in [5.74, 6) is 1.98. The maximum absolute atomic E-state index is 5.96. The fourth-order valence-corrected chi connectivity index (χ4v) is 2.16. The van der Waals surface area contributed by atoms with Crippen molar-refractivity contribution in [3.8, 4) is 11.6 Å². The summed E-state index contributed by atoms with van der Waals surface area (Å²) in [5, 5.41) is 0.411. The highest BCUT2D eigenvalue weighted by Gasteiger charge is 2.06. The molecule has 0 amide bonds. The molecule has 2 rings (SSSR count). The summed E-state index contributed by atoms with van der Waals surface area (Å²) in [7, 11) is 0. The molecule has 5 heteroatoms. The Bertz CT molecular complexity index is 548. The van der Waals surface area contributed by atoms with E-state index < -0.39 is 0 Å². The van der Waals surface area contributed by atoms with Crippen LogP contribution in [0.4, 0.5) is 0 Å². The Kier molecular flexibility index (Phi) is 4.77. The zero-order valence-electron chi connectivity index (χ0n) is 9.86. The Morgan fingerprint density at radius 2 is 2.06 bits per heavy atom. The number of aromatic nitrogens is 2. The lowest BCUT2D eigenvalue weighted by Gasteiger charge is -2.08. The molecular weight excluding hydrogens is 363 g/mol. The zero-order valence-corrected chi connectivity index (χ0v) is 12.8. The molecule has 0 spiro atoms. The summed E-state index contributed by atoms with van der Waals surface area (Å²) < 4.78 is 6.76. The van der Waals surface area contributed by atoms with Crippen molar-refractivity contribution < 1.29 is 4.74 Å². The molecule has 1 aromatic carbocycles. The summed E-state index contributed by atoms with van der Waals surface area (Å²) in [4.78, 5) is 8.50. The van der Waals surface area contributed by atoms with Crippen molar-refractivity contribution in [1.29, 1.82) is 0 Å². The van der Waals surface area contributed by atoms with Crippen LogP contribution >= 0.6 is 34.2 Å². The van der Waals surface area contributed by atoms with Crippen LogP contribution in [0.1, 0.15) is 19.2 Å². The molecule has 18 heavy (non-hydrogen) atoms. The van der Waals surface area contributed by atoms with Gasteiger partial charge in [0, 0.05) is 12.5 Å². The van der Waals surface area contributed by atoms with Crippen LogP contribution in [0.5, 0.6) is 11.6 Å². The van der Waals surface area contributed by atoms with E-state index in [2.05, 4.69) is 39.5 Å². The van der Waals surface area contributed by atoms with Crippen LogP contribution in [-0.4, -0.2) is 9.97 Å². The van der Waals surface area contributed by atoms with E-state index in [0.717, 1.165) is 22.2 Å². The predicted octanol–water partition coefficient (Wildman–Crippen LogP) is 4.48. The topological polar surface area (TPSA) is 35.0 Å². The number of nitrogens with zero attached hydrogens (tertiary/aromatic N) is 2. The van der Waals surface area contributed by atoms with Crippen LogP contribution in [0, 0.1) is 3.57 Å². The summed E-state index contributed by atoms with van der Waals surface area (Å²) in [6, 6.07) is 9.39. The highest BCUT2D eigenvalue weighted by atomic mass is 127. The van der Waals surface area contributed by atoms with Crippen LogP contribution in [0.15, 0.2) is 30.3 Å². The van der Waals surface area contributed by atoms with Gasteiger partial charge < -0.3 is 4.74 Å². The molecule has 0 bridgehead atoms. The molecule has 3 nitrogen and oxygen atoms in total. The van der Waals surface area contributed by atoms with Gasteiger partial charge in [-0.3, -0.25) is 0 Å². The van der Waals surface area contributed by atoms with Crippen molar-refractivity contribution in [2.75, 3.05) is 0 Å². The minimum Gasteiger partial charge on any atom is -0.438 e. The smallest absolute Gasteiger partial charge is 0.224 e. The van der Waals surface area contributed by atoms with Gasteiger partial charge in [-0.1, -0.05) is 30.7 Å². The Morgan fingerprint density at radius 3 is 2.78 bits per heavy atom. The number of halogens is 2. The van der Waals surface area contributed by atoms with Crippen LogP contribution in [0.2, 0.25) is 5.15 Å². The fraction of sp³-hybridized carbons (Fsp3) is 0.231. The monoisotopic (exact) mass is 374 g/mol. The number of ether oxygens (including phenoxy) is 1. The SMILES string of the molecule is CCCc1nc(Cl)cc(Oc2ccccc2I)n1. The molecule has 94 valence electrons. The first-order chi connectivity index (χ1) is 8.69. The molecule has 0 radical (unpaired) electrons. The second-order valence-electron chi connectivity index (χ2n) is 3.73. The highest BCUT2D eigenvalue weighted by Crippen LogP contribution is 2.26. The lowest BCUT2D eigenvalue weighted by atomic mass is 10.3. The van der Waals surface area contributed by atoms with E-state index in [0.29, 0.717) is 16.9 Å². The number of hydrogen-bond donors (Lipinski definition) is 0. The normalized spacial score (nSPS) is 10.4. The van der Waals surface area contributed by atoms with E-state index in [1.165, 1.54) is 0 Å². The number of aryl methyl sites for hydroxylation is 1. The summed E-state index contributed by atoms with van der Waals surface area (Å²) >= 11 is 8.18. The number of benzene rings is 1. The van der Waals surface area contributed by atoms with Gasteiger partial charge in [-0.05, 0) is 41.1 Å². The lowest BCUT2D eigenvalue weighted by molar-refractivity contribution is 0.455. The van der Waals surface area contributed by atoms with E-state index in [1.807, 2.05) is 24.3 Å². The summed E-state index contributed by atoms with van der Waals surface area (Å²) in [6.45, 7) is 2.07. The zero-order chi connectivity index (χ0) is 13.0. The molecule has 0 fully saturated rings. The van der Waals surface area contributed by atoms with E-state index in [-0.39, 0.29) is 0 Å². The number of para-hydroxylation sites is 1. The first kappa shape index (κ1) is 13.5. The van der Waals surface area contributed by atoms with E-state index >= 15 is 0 Å². The second kappa shape index (κ2) is 6.33. The quantitative estimate of drug-likeness (QED) is 0.585. The minimum atomic E-state index is 0.411. The molecule has 0 saturated heterocycles. The van der Waals surface area contributed by atoms with Gasteiger partial charge in [-0.15, -0.1) is 0 Å². The predicted molar refractivity (Wildman–Crippen MR) is 80.3 cm³/mol. The van der Waals surface area contributed by atoms with Crippen molar-refractivity contribution >= 4 is 34.2 Å². The van der Waals surface area contributed by atoms with E-state index in [1.54, 1.807) is 6.07 Å². The number of rotatable bonds is 4. The maximum atomic E-state index is 5.96. The Hall–Kier alpha value is -0.880. The van der Waals surface area contributed by atoms with Gasteiger partial charge in [0.1, 0.15) is 16.7 Å². The molecule has 0 N–H and O–H groups in total. The van der Waals surface area contributed by atoms with Gasteiger partial charge in [-0.2, -0.15) is 4.98 Å². The maximum Gasteiger partial charge on any atom is 0.224 e. The largest absolute Gasteiger partial charge is 0.438 e. The van der Waals surface area contributed by atoms with Crippen LogP contribution in [0.3, 0.4) is 0 Å². The van der Waals surface area contributed by atoms with Crippen LogP contribution in [-0.2, 0) is 6.42 Å². The first-order valence-corrected chi connectivity index (χ1v) is 7.10. The van der Waals surface area contributed by atoms with Gasteiger partial charge in [0.15, 0.2) is 0 Å². The van der Waals surface area contributed by atoms with E-state index in [9.17, 15) is 0 Å². The molecule has 0 atom stereocenters. The molecule has 0 aliphatic rings. The molecule has 2 aromatic rings. The fourth-order valence-electron chi connectivity index (χ4n) is 1.47. The standard InChI is InChI=1S/C13H12ClIN2O/c1-2-5-12-16-11(14)8-13(17-12)18-10-7-4-3-6-9(10)15/h3-4,6-8H,2,5H2,1H3. The van der Waals surface area contributed by atoms with E-state index in [4.69, 9.17) is 16.3 Å². The third kappa shape index (κ3) is 3.55. The lowest BCUT2D eigenvalue weighted by Crippen LogP contribution is -1.98. The highest BCUT2D eigenvalue weighted by molar-refractivity contribution is 14.1.